The fraction of sp³-hybridized carbons (Fsp3) is 0.615. The van der Waals surface area contributed by atoms with E-state index in [9.17, 15) is 0 Å². The average molecular weight is 255 g/mol. The summed E-state index contributed by atoms with van der Waals surface area (Å²) in [6, 6.07) is 1.98. The second-order valence-corrected chi connectivity index (χ2v) is 5.47. The third-order valence-corrected chi connectivity index (χ3v) is 3.23. The number of aromatic nitrogens is 1. The van der Waals surface area contributed by atoms with Gasteiger partial charge in [-0.25, -0.2) is 0 Å². The van der Waals surface area contributed by atoms with Crippen LogP contribution in [0.3, 0.4) is 0 Å². The topological polar surface area (TPSA) is 25.4 Å². The van der Waals surface area contributed by atoms with E-state index < -0.39 is 0 Å². The van der Waals surface area contributed by atoms with Gasteiger partial charge in [-0.3, -0.25) is 4.98 Å². The predicted molar refractivity (Wildman–Crippen MR) is 70.6 cm³/mol. The maximum Gasteiger partial charge on any atom is 0.0805 e. The molecule has 4 heteroatoms. The highest BCUT2D eigenvalue weighted by Crippen LogP contribution is 2.28. The summed E-state index contributed by atoms with van der Waals surface area (Å²) >= 11 is 5.97. The minimum absolute atomic E-state index is 0.128. The molecule has 1 aliphatic heterocycles. The first-order valence-corrected chi connectivity index (χ1v) is 6.47. The molecular formula is C13H19ClN2O. The Balaban J connectivity index is 2.27. The molecule has 2 rings (SSSR count). The molecule has 0 N–H and O–H groups in total. The van der Waals surface area contributed by atoms with Gasteiger partial charge in [0.25, 0.3) is 0 Å². The van der Waals surface area contributed by atoms with Gasteiger partial charge in [-0.1, -0.05) is 0 Å². The fourth-order valence-electron chi connectivity index (χ4n) is 2.45. The van der Waals surface area contributed by atoms with E-state index in [1.807, 2.05) is 12.3 Å². The molecule has 0 aliphatic carbocycles. The Kier molecular flexibility index (Phi) is 3.59. The predicted octanol–water partition coefficient (Wildman–Crippen LogP) is 2.82. The summed E-state index contributed by atoms with van der Waals surface area (Å²) < 4.78 is 5.90. The van der Waals surface area contributed by atoms with E-state index in [2.05, 4.69) is 30.7 Å². The molecule has 94 valence electrons. The largest absolute Gasteiger partial charge is 0.369 e. The Morgan fingerprint density at radius 3 is 3.00 bits per heavy atom. The maximum atomic E-state index is 5.97. The Bertz CT molecular complexity index is 395. The molecule has 1 fully saturated rings. The van der Waals surface area contributed by atoms with Gasteiger partial charge < -0.3 is 9.64 Å². The minimum atomic E-state index is -0.128. The zero-order valence-corrected chi connectivity index (χ0v) is 11.4. The average Bonchev–Trinajstić information content (AvgIpc) is 2.26. The molecule has 2 heterocycles. The number of anilines is 1. The van der Waals surface area contributed by atoms with Crippen LogP contribution in [0.15, 0.2) is 18.5 Å². The van der Waals surface area contributed by atoms with Crippen molar-refractivity contribution in [2.24, 2.45) is 0 Å². The van der Waals surface area contributed by atoms with E-state index in [-0.39, 0.29) is 11.7 Å². The van der Waals surface area contributed by atoms with Crippen molar-refractivity contribution in [2.75, 3.05) is 18.0 Å². The van der Waals surface area contributed by atoms with Gasteiger partial charge in [0, 0.05) is 25.2 Å². The van der Waals surface area contributed by atoms with Crippen LogP contribution >= 0.6 is 11.6 Å². The van der Waals surface area contributed by atoms with E-state index in [1.54, 1.807) is 6.20 Å². The van der Waals surface area contributed by atoms with Crippen LogP contribution in [0.1, 0.15) is 26.3 Å². The lowest BCUT2D eigenvalue weighted by Gasteiger charge is -2.43. The second-order valence-electron chi connectivity index (χ2n) is 5.21. The first-order chi connectivity index (χ1) is 8.02. The van der Waals surface area contributed by atoms with Crippen molar-refractivity contribution < 1.29 is 4.74 Å². The zero-order valence-electron chi connectivity index (χ0n) is 10.6. The summed E-state index contributed by atoms with van der Waals surface area (Å²) in [5.41, 5.74) is 2.13. The van der Waals surface area contributed by atoms with Crippen LogP contribution in [-0.2, 0) is 10.6 Å². The fourth-order valence-corrected chi connectivity index (χ4v) is 2.68. The normalized spacial score (nSPS) is 23.8. The van der Waals surface area contributed by atoms with E-state index in [4.69, 9.17) is 16.3 Å². The molecule has 3 nitrogen and oxygen atoms in total. The van der Waals surface area contributed by atoms with Gasteiger partial charge in [0.05, 0.1) is 23.6 Å². The highest BCUT2D eigenvalue weighted by molar-refractivity contribution is 6.17. The summed E-state index contributed by atoms with van der Waals surface area (Å²) in [4.78, 5) is 6.52. The van der Waals surface area contributed by atoms with E-state index in [0.717, 1.165) is 24.3 Å². The lowest BCUT2D eigenvalue weighted by molar-refractivity contribution is -0.0750. The molecule has 1 atom stereocenters. The van der Waals surface area contributed by atoms with Crippen molar-refractivity contribution in [2.45, 2.75) is 38.4 Å². The number of alkyl halides is 1. The Morgan fingerprint density at radius 2 is 2.35 bits per heavy atom. The summed E-state index contributed by atoms with van der Waals surface area (Å²) in [5.74, 6) is 0.518. The number of morpholine rings is 1. The van der Waals surface area contributed by atoms with Crippen molar-refractivity contribution in [1.82, 2.24) is 4.98 Å². The molecule has 0 amide bonds. The number of pyridine rings is 1. The molecule has 1 aromatic heterocycles. The minimum Gasteiger partial charge on any atom is -0.369 e. The molecule has 0 spiro atoms. The number of hydrogen-bond donors (Lipinski definition) is 0. The van der Waals surface area contributed by atoms with Crippen LogP contribution in [0.25, 0.3) is 0 Å². The molecular weight excluding hydrogens is 236 g/mol. The smallest absolute Gasteiger partial charge is 0.0805 e. The summed E-state index contributed by atoms with van der Waals surface area (Å²) in [6.07, 6.45) is 3.91. The summed E-state index contributed by atoms with van der Waals surface area (Å²) in [7, 11) is 0. The SMILES string of the molecule is CC1CN(c2cnccc2CCl)CC(C)(C)O1. The molecule has 1 unspecified atom stereocenters. The number of ether oxygens (including phenoxy) is 1. The number of nitrogens with zero attached hydrogens (tertiary/aromatic N) is 2. The summed E-state index contributed by atoms with van der Waals surface area (Å²) in [5, 5.41) is 0. The van der Waals surface area contributed by atoms with Crippen LogP contribution < -0.4 is 4.90 Å². The third kappa shape index (κ3) is 2.90. The highest BCUT2D eigenvalue weighted by atomic mass is 35.5. The Morgan fingerprint density at radius 1 is 1.59 bits per heavy atom. The van der Waals surface area contributed by atoms with Gasteiger partial charge in [-0.15, -0.1) is 11.6 Å². The lowest BCUT2D eigenvalue weighted by atomic mass is 10.0. The lowest BCUT2D eigenvalue weighted by Crippen LogP contribution is -2.52. The van der Waals surface area contributed by atoms with Crippen molar-refractivity contribution in [3.05, 3.63) is 24.0 Å². The van der Waals surface area contributed by atoms with Crippen LogP contribution in [0.2, 0.25) is 0 Å². The first-order valence-electron chi connectivity index (χ1n) is 5.93. The molecule has 0 saturated carbocycles. The first kappa shape index (κ1) is 12.7. The van der Waals surface area contributed by atoms with Crippen molar-refractivity contribution in [3.8, 4) is 0 Å². The van der Waals surface area contributed by atoms with Gasteiger partial charge in [0.2, 0.25) is 0 Å². The van der Waals surface area contributed by atoms with Gasteiger partial charge in [0.1, 0.15) is 0 Å². The quantitative estimate of drug-likeness (QED) is 0.759. The van der Waals surface area contributed by atoms with Crippen molar-refractivity contribution in [1.29, 1.82) is 0 Å². The van der Waals surface area contributed by atoms with Crippen LogP contribution in [-0.4, -0.2) is 29.8 Å². The number of hydrogen-bond acceptors (Lipinski definition) is 3. The molecule has 0 aromatic carbocycles. The van der Waals surface area contributed by atoms with Crippen molar-refractivity contribution in [3.63, 3.8) is 0 Å². The maximum absolute atomic E-state index is 5.97. The number of halogens is 1. The second kappa shape index (κ2) is 4.83. The number of rotatable bonds is 2. The molecule has 17 heavy (non-hydrogen) atoms. The van der Waals surface area contributed by atoms with Gasteiger partial charge in [0.15, 0.2) is 0 Å². The molecule has 1 aromatic rings. The van der Waals surface area contributed by atoms with E-state index >= 15 is 0 Å². The van der Waals surface area contributed by atoms with Gasteiger partial charge in [-0.05, 0) is 32.4 Å². The standard InChI is InChI=1S/C13H19ClN2O/c1-10-8-16(9-13(2,3)17-10)12-7-15-5-4-11(12)6-14/h4-5,7,10H,6,8-9H2,1-3H3. The molecule has 1 aliphatic rings. The molecule has 1 saturated heterocycles. The van der Waals surface area contributed by atoms with Crippen LogP contribution in [0.5, 0.6) is 0 Å². The van der Waals surface area contributed by atoms with E-state index in [1.165, 1.54) is 0 Å². The summed E-state index contributed by atoms with van der Waals surface area (Å²) in [6.45, 7) is 8.09. The van der Waals surface area contributed by atoms with Crippen LogP contribution in [0, 0.1) is 0 Å². The Labute approximate surface area is 108 Å². The third-order valence-electron chi connectivity index (χ3n) is 2.94. The van der Waals surface area contributed by atoms with Gasteiger partial charge >= 0.3 is 0 Å². The monoisotopic (exact) mass is 254 g/mol. The zero-order chi connectivity index (χ0) is 12.5. The van der Waals surface area contributed by atoms with Crippen LogP contribution in [0.4, 0.5) is 5.69 Å². The van der Waals surface area contributed by atoms with E-state index in [0.29, 0.717) is 5.88 Å². The highest BCUT2D eigenvalue weighted by Gasteiger charge is 2.32. The van der Waals surface area contributed by atoms with Gasteiger partial charge in [-0.2, -0.15) is 0 Å². The Hall–Kier alpha value is -0.800. The van der Waals surface area contributed by atoms with Crippen molar-refractivity contribution >= 4 is 17.3 Å². The molecule has 0 bridgehead atoms. The molecule has 0 radical (unpaired) electrons.